The summed E-state index contributed by atoms with van der Waals surface area (Å²) in [6.07, 6.45) is 2.84. The van der Waals surface area contributed by atoms with Crippen molar-refractivity contribution in [3.05, 3.63) is 101 Å². The maximum Gasteiger partial charge on any atom is 0.251 e. The molecule has 10 nitrogen and oxygen atoms in total. The van der Waals surface area contributed by atoms with Gasteiger partial charge in [0.05, 0.1) is 36.3 Å². The number of hydrogen-bond donors (Lipinski definition) is 3. The Morgan fingerprint density at radius 2 is 1.53 bits per heavy atom. The van der Waals surface area contributed by atoms with Gasteiger partial charge in [0.25, 0.3) is 11.8 Å². The van der Waals surface area contributed by atoms with E-state index in [1.165, 1.54) is 25.2 Å². The third-order valence-corrected chi connectivity index (χ3v) is 9.70. The molecule has 0 aliphatic carbocycles. The topological polar surface area (TPSA) is 122 Å². The highest BCUT2D eigenvalue weighted by Gasteiger charge is 2.30. The van der Waals surface area contributed by atoms with Crippen LogP contribution < -0.4 is 14.9 Å². The first-order valence-electron chi connectivity index (χ1n) is 15.2. The number of likely N-dealkylation sites (N-methyl/N-ethyl adjacent to an activating group) is 1. The van der Waals surface area contributed by atoms with E-state index in [0.29, 0.717) is 13.0 Å². The molecule has 0 spiro atoms. The average molecular weight is 636 g/mol. The number of nitrogens with one attached hydrogen (secondary N) is 2. The molecule has 0 unspecified atom stereocenters. The van der Waals surface area contributed by atoms with E-state index in [1.807, 2.05) is 74.6 Å². The van der Waals surface area contributed by atoms with Gasteiger partial charge in [0.15, 0.2) is 0 Å². The van der Waals surface area contributed by atoms with Gasteiger partial charge in [-0.15, -0.1) is 0 Å². The number of benzene rings is 3. The highest BCUT2D eigenvalue weighted by atomic mass is 32.2. The predicted molar refractivity (Wildman–Crippen MR) is 178 cm³/mol. The number of carbonyl (C=O) groups is 2. The molecular formula is C34H45N5O5S. The molecule has 4 rings (SSSR count). The van der Waals surface area contributed by atoms with Crippen molar-refractivity contribution in [2.45, 2.75) is 50.5 Å². The molecule has 3 aromatic rings. The van der Waals surface area contributed by atoms with E-state index in [-0.39, 0.29) is 29.0 Å². The zero-order valence-electron chi connectivity index (χ0n) is 26.7. The van der Waals surface area contributed by atoms with Crippen molar-refractivity contribution in [1.29, 1.82) is 0 Å². The zero-order chi connectivity index (χ0) is 32.7. The number of aliphatic hydroxyl groups excluding tert-OH is 1. The molecule has 0 aromatic heterocycles. The van der Waals surface area contributed by atoms with Gasteiger partial charge < -0.3 is 15.7 Å². The largest absolute Gasteiger partial charge is 0.390 e. The van der Waals surface area contributed by atoms with Gasteiger partial charge in [-0.1, -0.05) is 60.7 Å². The zero-order valence-corrected chi connectivity index (χ0v) is 27.5. The fraction of sp³-hybridized carbons (Fsp3) is 0.412. The highest BCUT2D eigenvalue weighted by molar-refractivity contribution is 7.92. The summed E-state index contributed by atoms with van der Waals surface area (Å²) in [6.45, 7) is 3.19. The Hall–Kier alpha value is -3.77. The molecule has 1 aliphatic heterocycles. The third kappa shape index (κ3) is 9.13. The quantitative estimate of drug-likeness (QED) is 0.264. The van der Waals surface area contributed by atoms with E-state index >= 15 is 0 Å². The number of hydrogen-bond acceptors (Lipinski definition) is 7. The monoisotopic (exact) mass is 635 g/mol. The molecule has 242 valence electrons. The highest BCUT2D eigenvalue weighted by Crippen LogP contribution is 2.23. The predicted octanol–water partition coefficient (Wildman–Crippen LogP) is 3.26. The average Bonchev–Trinajstić information content (AvgIpc) is 3.46. The Morgan fingerprint density at radius 1 is 0.956 bits per heavy atom. The first-order valence-corrected chi connectivity index (χ1v) is 17.1. The van der Waals surface area contributed by atoms with Crippen LogP contribution in [0.4, 0.5) is 5.69 Å². The number of nitrogens with zero attached hydrogens (tertiary/aromatic N) is 3. The summed E-state index contributed by atoms with van der Waals surface area (Å²) in [5.74, 6) is -0.975. The van der Waals surface area contributed by atoms with Crippen LogP contribution in [0, 0.1) is 0 Å². The molecule has 0 saturated carbocycles. The Balaban J connectivity index is 1.62. The second-order valence-corrected chi connectivity index (χ2v) is 14.0. The first kappa shape index (κ1) is 34.1. The van der Waals surface area contributed by atoms with E-state index in [1.54, 1.807) is 0 Å². The van der Waals surface area contributed by atoms with Gasteiger partial charge in [-0.25, -0.2) is 8.42 Å². The van der Waals surface area contributed by atoms with E-state index in [0.717, 1.165) is 41.1 Å². The van der Waals surface area contributed by atoms with Crippen molar-refractivity contribution in [3.63, 3.8) is 0 Å². The van der Waals surface area contributed by atoms with E-state index < -0.39 is 34.0 Å². The van der Waals surface area contributed by atoms with E-state index in [2.05, 4.69) is 27.5 Å². The summed E-state index contributed by atoms with van der Waals surface area (Å²) < 4.78 is 25.9. The summed E-state index contributed by atoms with van der Waals surface area (Å²) in [4.78, 5) is 31.6. The molecule has 3 N–H and O–H groups in total. The van der Waals surface area contributed by atoms with E-state index in [9.17, 15) is 23.1 Å². The molecule has 4 atom stereocenters. The second-order valence-electron chi connectivity index (χ2n) is 12.0. The van der Waals surface area contributed by atoms with Gasteiger partial charge in [-0.2, -0.15) is 0 Å². The molecule has 45 heavy (non-hydrogen) atoms. The molecule has 1 aliphatic rings. The fourth-order valence-electron chi connectivity index (χ4n) is 5.75. The minimum Gasteiger partial charge on any atom is -0.390 e. The first-order chi connectivity index (χ1) is 21.3. The van der Waals surface area contributed by atoms with Gasteiger partial charge in [-0.05, 0) is 76.2 Å². The lowest BCUT2D eigenvalue weighted by molar-refractivity contribution is 0.0395. The van der Waals surface area contributed by atoms with Crippen LogP contribution in [0.3, 0.4) is 0 Å². The number of amides is 2. The van der Waals surface area contributed by atoms with Crippen LogP contribution in [0.15, 0.2) is 78.9 Å². The van der Waals surface area contributed by atoms with Gasteiger partial charge in [0.2, 0.25) is 10.0 Å². The number of aliphatic hydroxyl groups is 1. The molecule has 11 heteroatoms. The maximum atomic E-state index is 13.8. The maximum absolute atomic E-state index is 13.8. The van der Waals surface area contributed by atoms with Crippen LogP contribution in [0.5, 0.6) is 0 Å². The number of sulfonamides is 1. The Bertz CT molecular complexity index is 1550. The van der Waals surface area contributed by atoms with Crippen LogP contribution in [-0.2, 0) is 16.4 Å². The summed E-state index contributed by atoms with van der Waals surface area (Å²) in [7, 11) is 1.73. The summed E-state index contributed by atoms with van der Waals surface area (Å²) in [6, 6.07) is 22.4. The van der Waals surface area contributed by atoms with Crippen LogP contribution in [0.1, 0.15) is 57.7 Å². The number of likely N-dealkylation sites (tertiary alicyclic amines) is 1. The lowest BCUT2D eigenvalue weighted by atomic mass is 9.99. The van der Waals surface area contributed by atoms with Crippen LogP contribution in [0.2, 0.25) is 0 Å². The van der Waals surface area contributed by atoms with Crippen LogP contribution in [0.25, 0.3) is 0 Å². The lowest BCUT2D eigenvalue weighted by Crippen LogP contribution is -2.52. The summed E-state index contributed by atoms with van der Waals surface area (Å²) in [5.41, 5.74) is 2.27. The number of rotatable bonds is 13. The third-order valence-electron chi connectivity index (χ3n) is 8.50. The molecular weight excluding hydrogens is 590 g/mol. The van der Waals surface area contributed by atoms with E-state index in [4.69, 9.17) is 0 Å². The van der Waals surface area contributed by atoms with Crippen molar-refractivity contribution in [1.82, 2.24) is 20.4 Å². The van der Waals surface area contributed by atoms with Gasteiger partial charge in [-0.3, -0.25) is 23.7 Å². The normalized spacial score (nSPS) is 17.4. The van der Waals surface area contributed by atoms with Crippen molar-refractivity contribution in [2.24, 2.45) is 0 Å². The molecule has 0 bridgehead atoms. The van der Waals surface area contributed by atoms with Crippen molar-refractivity contribution >= 4 is 27.5 Å². The van der Waals surface area contributed by atoms with Crippen LogP contribution >= 0.6 is 0 Å². The molecule has 0 radical (unpaired) electrons. The number of carbonyl (C=O) groups excluding carboxylic acids is 2. The standard InChI is InChI=1S/C34H45N5O5S/c1-24(26-15-10-7-11-16-26)35-33(41)27-20-28(22-29(21-27)39(4)45(5,43)44)34(42)36-30(19-25-13-8-6-9-14-25)31(40)23-38(3)32-17-12-18-37(32)2/h6-11,13-16,20-22,24,30-32,40H,12,17-19,23H2,1-5H3,(H,35,41)(H,36,42)/t24-,30+,31-,32-/m1/s1. The van der Waals surface area contributed by atoms with Gasteiger partial charge in [0, 0.05) is 24.7 Å². The van der Waals surface area contributed by atoms with Crippen molar-refractivity contribution in [3.8, 4) is 0 Å². The molecule has 1 heterocycles. The van der Waals surface area contributed by atoms with Crippen LogP contribution in [-0.4, -0.2) is 93.9 Å². The smallest absolute Gasteiger partial charge is 0.251 e. The van der Waals surface area contributed by atoms with Gasteiger partial charge >= 0.3 is 0 Å². The summed E-state index contributed by atoms with van der Waals surface area (Å²) in [5, 5.41) is 17.4. The number of anilines is 1. The van der Waals surface area contributed by atoms with Crippen molar-refractivity contribution in [2.75, 3.05) is 44.8 Å². The Kier molecular flexibility index (Phi) is 11.4. The minimum atomic E-state index is -3.69. The molecule has 2 amide bonds. The lowest BCUT2D eigenvalue weighted by Gasteiger charge is -2.34. The fourth-order valence-corrected chi connectivity index (χ4v) is 6.24. The second kappa shape index (κ2) is 15.0. The van der Waals surface area contributed by atoms with Gasteiger partial charge in [0.1, 0.15) is 0 Å². The van der Waals surface area contributed by atoms with Crippen molar-refractivity contribution < 1.29 is 23.1 Å². The Morgan fingerprint density at radius 3 is 2.09 bits per heavy atom. The molecule has 1 saturated heterocycles. The summed E-state index contributed by atoms with van der Waals surface area (Å²) >= 11 is 0. The Labute approximate surface area is 267 Å². The SMILES string of the molecule is C[C@@H](NC(=O)c1cc(C(=O)N[C@@H](Cc2ccccc2)[C@H](O)CN(C)[C@@H]2CCCN2C)cc(N(C)S(C)(=O)=O)c1)c1ccccc1. The molecule has 3 aromatic carbocycles. The molecule has 1 fully saturated rings. The minimum absolute atomic E-state index is 0.106.